The number of nitrogens with zero attached hydrogens (tertiary/aromatic N) is 2. The number of aromatic nitrogens is 2. The fourth-order valence-corrected chi connectivity index (χ4v) is 2.08. The van der Waals surface area contributed by atoms with Crippen molar-refractivity contribution in [2.75, 3.05) is 20.1 Å². The second-order valence-electron chi connectivity index (χ2n) is 4.54. The van der Waals surface area contributed by atoms with Crippen LogP contribution >= 0.6 is 0 Å². The lowest BCUT2D eigenvalue weighted by atomic mass is 10.1. The zero-order chi connectivity index (χ0) is 12.3. The minimum Gasteiger partial charge on any atom is -0.340 e. The predicted octanol–water partition coefficient (Wildman–Crippen LogP) is 0.927. The van der Waals surface area contributed by atoms with Gasteiger partial charge in [0.05, 0.1) is 0 Å². The van der Waals surface area contributed by atoms with E-state index in [0.29, 0.717) is 5.69 Å². The molecule has 1 aromatic rings. The van der Waals surface area contributed by atoms with Crippen molar-refractivity contribution in [3.05, 3.63) is 17.0 Å². The first kappa shape index (κ1) is 12.1. The summed E-state index contributed by atoms with van der Waals surface area (Å²) in [6, 6.07) is 0. The van der Waals surface area contributed by atoms with E-state index in [2.05, 4.69) is 22.4 Å². The first-order valence-electron chi connectivity index (χ1n) is 6.26. The summed E-state index contributed by atoms with van der Waals surface area (Å²) in [5.41, 5.74) is 2.74. The van der Waals surface area contributed by atoms with E-state index in [-0.39, 0.29) is 5.91 Å². The number of carbonyl (C=O) groups is 1. The van der Waals surface area contributed by atoms with Gasteiger partial charge in [-0.3, -0.25) is 9.89 Å². The third-order valence-corrected chi connectivity index (χ3v) is 3.20. The van der Waals surface area contributed by atoms with E-state index in [1.54, 1.807) is 4.90 Å². The molecule has 0 aromatic carbocycles. The topological polar surface area (TPSA) is 61.0 Å². The van der Waals surface area contributed by atoms with Crippen LogP contribution in [-0.2, 0) is 13.0 Å². The average molecular weight is 236 g/mol. The fraction of sp³-hybridized carbons (Fsp3) is 0.667. The molecule has 2 heterocycles. The molecule has 0 unspecified atom stereocenters. The SMILES string of the molecule is CCCCN(C)C(=O)c1n[nH]c2c1CNCC2. The maximum atomic E-state index is 12.2. The highest BCUT2D eigenvalue weighted by Gasteiger charge is 2.23. The summed E-state index contributed by atoms with van der Waals surface area (Å²) in [6.45, 7) is 4.62. The monoisotopic (exact) mass is 236 g/mol. The van der Waals surface area contributed by atoms with Crippen LogP contribution in [0.3, 0.4) is 0 Å². The molecule has 0 bridgehead atoms. The molecule has 0 fully saturated rings. The van der Waals surface area contributed by atoms with E-state index >= 15 is 0 Å². The van der Waals surface area contributed by atoms with Crippen LogP contribution in [0.25, 0.3) is 0 Å². The normalized spacial score (nSPS) is 14.5. The van der Waals surface area contributed by atoms with Gasteiger partial charge in [0.25, 0.3) is 5.91 Å². The third-order valence-electron chi connectivity index (χ3n) is 3.20. The third kappa shape index (κ3) is 2.49. The van der Waals surface area contributed by atoms with E-state index < -0.39 is 0 Å². The van der Waals surface area contributed by atoms with E-state index in [4.69, 9.17) is 0 Å². The molecule has 17 heavy (non-hydrogen) atoms. The molecule has 1 aromatic heterocycles. The number of unbranched alkanes of at least 4 members (excludes halogenated alkanes) is 1. The van der Waals surface area contributed by atoms with Gasteiger partial charge >= 0.3 is 0 Å². The van der Waals surface area contributed by atoms with Crippen molar-refractivity contribution in [1.29, 1.82) is 0 Å². The van der Waals surface area contributed by atoms with E-state index in [1.165, 1.54) is 0 Å². The molecule has 2 N–H and O–H groups in total. The van der Waals surface area contributed by atoms with Crippen molar-refractivity contribution in [2.45, 2.75) is 32.7 Å². The van der Waals surface area contributed by atoms with Crippen LogP contribution in [0.5, 0.6) is 0 Å². The van der Waals surface area contributed by atoms with Gasteiger partial charge in [-0.25, -0.2) is 0 Å². The van der Waals surface area contributed by atoms with E-state index in [9.17, 15) is 4.79 Å². The molecule has 2 rings (SSSR count). The number of amides is 1. The molecule has 94 valence electrons. The molecule has 1 aliphatic heterocycles. The highest BCUT2D eigenvalue weighted by molar-refractivity contribution is 5.93. The number of fused-ring (bicyclic) bond motifs is 1. The Balaban J connectivity index is 2.11. The summed E-state index contributed by atoms with van der Waals surface area (Å²) in [7, 11) is 1.84. The maximum absolute atomic E-state index is 12.2. The number of rotatable bonds is 4. The Morgan fingerprint density at radius 2 is 2.35 bits per heavy atom. The van der Waals surface area contributed by atoms with Crippen molar-refractivity contribution in [1.82, 2.24) is 20.4 Å². The van der Waals surface area contributed by atoms with Crippen molar-refractivity contribution in [3.63, 3.8) is 0 Å². The molecule has 5 heteroatoms. The van der Waals surface area contributed by atoms with Gasteiger partial charge in [0.2, 0.25) is 0 Å². The minimum atomic E-state index is 0.0275. The Morgan fingerprint density at radius 3 is 3.12 bits per heavy atom. The number of aromatic amines is 1. The summed E-state index contributed by atoms with van der Waals surface area (Å²) in [6.07, 6.45) is 3.05. The lowest BCUT2D eigenvalue weighted by Crippen LogP contribution is -2.30. The van der Waals surface area contributed by atoms with Crippen LogP contribution in [0.15, 0.2) is 0 Å². The Kier molecular flexibility index (Phi) is 3.78. The predicted molar refractivity (Wildman–Crippen MR) is 65.9 cm³/mol. The summed E-state index contributed by atoms with van der Waals surface area (Å²) < 4.78 is 0. The number of nitrogens with one attached hydrogen (secondary N) is 2. The highest BCUT2D eigenvalue weighted by Crippen LogP contribution is 2.16. The summed E-state index contributed by atoms with van der Waals surface area (Å²) in [5.74, 6) is 0.0275. The second-order valence-corrected chi connectivity index (χ2v) is 4.54. The lowest BCUT2D eigenvalue weighted by molar-refractivity contribution is 0.0786. The van der Waals surface area contributed by atoms with Crippen LogP contribution < -0.4 is 5.32 Å². The molecule has 0 saturated carbocycles. The average Bonchev–Trinajstić information content (AvgIpc) is 2.78. The van der Waals surface area contributed by atoms with Gasteiger partial charge in [-0.1, -0.05) is 13.3 Å². The summed E-state index contributed by atoms with van der Waals surface area (Å²) in [5, 5.41) is 10.4. The van der Waals surface area contributed by atoms with Gasteiger partial charge in [-0.05, 0) is 6.42 Å². The summed E-state index contributed by atoms with van der Waals surface area (Å²) >= 11 is 0. The van der Waals surface area contributed by atoms with Gasteiger partial charge < -0.3 is 10.2 Å². The number of H-pyrrole nitrogens is 1. The van der Waals surface area contributed by atoms with Gasteiger partial charge in [-0.2, -0.15) is 5.10 Å². The summed E-state index contributed by atoms with van der Waals surface area (Å²) in [4.78, 5) is 14.0. The van der Waals surface area contributed by atoms with E-state index in [0.717, 1.165) is 50.2 Å². The largest absolute Gasteiger partial charge is 0.340 e. The quantitative estimate of drug-likeness (QED) is 0.817. The van der Waals surface area contributed by atoms with Crippen LogP contribution in [0.4, 0.5) is 0 Å². The number of hydrogen-bond donors (Lipinski definition) is 2. The fourth-order valence-electron chi connectivity index (χ4n) is 2.08. The Hall–Kier alpha value is -1.36. The Bertz CT molecular complexity index is 399. The van der Waals surface area contributed by atoms with Crippen molar-refractivity contribution >= 4 is 5.91 Å². The molecule has 5 nitrogen and oxygen atoms in total. The van der Waals surface area contributed by atoms with Gasteiger partial charge in [0.15, 0.2) is 5.69 Å². The number of hydrogen-bond acceptors (Lipinski definition) is 3. The maximum Gasteiger partial charge on any atom is 0.274 e. The zero-order valence-electron chi connectivity index (χ0n) is 10.5. The first-order valence-corrected chi connectivity index (χ1v) is 6.26. The van der Waals surface area contributed by atoms with Gasteiger partial charge in [0, 0.05) is 44.4 Å². The molecule has 0 radical (unpaired) electrons. The first-order chi connectivity index (χ1) is 8.24. The molecule has 1 aliphatic rings. The molecule has 0 aliphatic carbocycles. The molecule has 0 saturated heterocycles. The highest BCUT2D eigenvalue weighted by atomic mass is 16.2. The molecule has 1 amide bonds. The Morgan fingerprint density at radius 1 is 1.53 bits per heavy atom. The van der Waals surface area contributed by atoms with Crippen LogP contribution in [0.1, 0.15) is 41.5 Å². The Labute approximate surface area is 102 Å². The van der Waals surface area contributed by atoms with Crippen molar-refractivity contribution < 1.29 is 4.79 Å². The lowest BCUT2D eigenvalue weighted by Gasteiger charge is -2.17. The van der Waals surface area contributed by atoms with Crippen LogP contribution in [0.2, 0.25) is 0 Å². The van der Waals surface area contributed by atoms with Gasteiger partial charge in [-0.15, -0.1) is 0 Å². The van der Waals surface area contributed by atoms with Crippen molar-refractivity contribution in [3.8, 4) is 0 Å². The molecular weight excluding hydrogens is 216 g/mol. The molecule has 0 atom stereocenters. The van der Waals surface area contributed by atoms with Gasteiger partial charge in [0.1, 0.15) is 0 Å². The molecule has 0 spiro atoms. The standard InChI is InChI=1S/C12H20N4O/c1-3-4-7-16(2)12(17)11-9-8-13-6-5-10(9)14-15-11/h13H,3-8H2,1-2H3,(H,14,15). The van der Waals surface area contributed by atoms with E-state index in [1.807, 2.05) is 7.05 Å². The van der Waals surface area contributed by atoms with Crippen molar-refractivity contribution in [2.24, 2.45) is 0 Å². The van der Waals surface area contributed by atoms with Crippen LogP contribution in [-0.4, -0.2) is 41.1 Å². The number of carbonyl (C=O) groups excluding carboxylic acids is 1. The van der Waals surface area contributed by atoms with Crippen LogP contribution in [0, 0.1) is 0 Å². The second kappa shape index (κ2) is 5.31. The zero-order valence-corrected chi connectivity index (χ0v) is 10.5. The smallest absolute Gasteiger partial charge is 0.274 e. The minimum absolute atomic E-state index is 0.0275. The molecular formula is C12H20N4O.